The van der Waals surface area contributed by atoms with Crippen molar-refractivity contribution in [1.29, 1.82) is 0 Å². The van der Waals surface area contributed by atoms with Crippen LogP contribution in [0.3, 0.4) is 0 Å². The van der Waals surface area contributed by atoms with E-state index in [0.717, 1.165) is 42.4 Å². The number of hydrogen-bond donors (Lipinski definition) is 1. The van der Waals surface area contributed by atoms with Gasteiger partial charge in [0.25, 0.3) is 0 Å². The van der Waals surface area contributed by atoms with Crippen molar-refractivity contribution in [3.8, 4) is 0 Å². The van der Waals surface area contributed by atoms with Gasteiger partial charge >= 0.3 is 6.18 Å². The smallest absolute Gasteiger partial charge is 0.314 e. The number of nitrogens with one attached hydrogen (secondary N) is 1. The van der Waals surface area contributed by atoms with Crippen molar-refractivity contribution in [2.75, 3.05) is 26.2 Å². The second kappa shape index (κ2) is 5.61. The molecule has 1 aromatic heterocycles. The van der Waals surface area contributed by atoms with Crippen LogP contribution in [0.2, 0.25) is 0 Å². The molecular weight excluding hydrogens is 287 g/mol. The number of halogens is 3. The van der Waals surface area contributed by atoms with E-state index in [1.165, 1.54) is 0 Å². The van der Waals surface area contributed by atoms with Crippen LogP contribution < -0.4 is 5.32 Å². The molecule has 114 valence electrons. The lowest BCUT2D eigenvalue weighted by molar-refractivity contribution is -0.137. The summed E-state index contributed by atoms with van der Waals surface area (Å²) in [6.45, 7) is 9.77. The Morgan fingerprint density at radius 1 is 1.20 bits per heavy atom. The fourth-order valence-corrected chi connectivity index (χ4v) is 3.42. The van der Waals surface area contributed by atoms with Crippen LogP contribution in [0.25, 0.3) is 0 Å². The van der Waals surface area contributed by atoms with Crippen LogP contribution in [0.5, 0.6) is 0 Å². The molecule has 0 radical (unpaired) electrons. The molecule has 1 fully saturated rings. The van der Waals surface area contributed by atoms with Gasteiger partial charge in [0.05, 0.1) is 5.69 Å². The first-order valence-corrected chi connectivity index (χ1v) is 7.50. The van der Waals surface area contributed by atoms with Crippen molar-refractivity contribution in [3.05, 3.63) is 15.6 Å². The van der Waals surface area contributed by atoms with Crippen LogP contribution in [-0.2, 0) is 18.1 Å². The zero-order valence-electron chi connectivity index (χ0n) is 12.0. The van der Waals surface area contributed by atoms with E-state index >= 15 is 0 Å². The predicted octanol–water partition coefficient (Wildman–Crippen LogP) is 2.86. The molecule has 0 aromatic carbocycles. The fourth-order valence-electron chi connectivity index (χ4n) is 2.24. The van der Waals surface area contributed by atoms with Gasteiger partial charge in [-0.1, -0.05) is 20.8 Å². The highest BCUT2D eigenvalue weighted by Crippen LogP contribution is 2.38. The first kappa shape index (κ1) is 15.7. The third kappa shape index (κ3) is 3.71. The number of alkyl halides is 3. The fraction of sp³-hybridized carbons (Fsp3) is 0.769. The van der Waals surface area contributed by atoms with Crippen LogP contribution in [0.4, 0.5) is 13.2 Å². The summed E-state index contributed by atoms with van der Waals surface area (Å²) in [5, 5.41) is 2.51. The monoisotopic (exact) mass is 307 g/mol. The number of piperazine rings is 1. The van der Waals surface area contributed by atoms with Crippen molar-refractivity contribution < 1.29 is 13.2 Å². The first-order chi connectivity index (χ1) is 9.18. The highest BCUT2D eigenvalue weighted by molar-refractivity contribution is 7.11. The van der Waals surface area contributed by atoms with Gasteiger partial charge in [-0.05, 0) is 0 Å². The Kier molecular flexibility index (Phi) is 4.41. The Hall–Kier alpha value is -0.660. The van der Waals surface area contributed by atoms with E-state index in [0.29, 0.717) is 12.2 Å². The summed E-state index contributed by atoms with van der Waals surface area (Å²) < 4.78 is 38.6. The molecule has 2 rings (SSSR count). The maximum atomic E-state index is 12.9. The Balaban J connectivity index is 2.27. The van der Waals surface area contributed by atoms with Crippen molar-refractivity contribution in [2.24, 2.45) is 0 Å². The van der Waals surface area contributed by atoms with E-state index < -0.39 is 11.2 Å². The lowest BCUT2D eigenvalue weighted by atomic mass is 9.91. The average Bonchev–Trinajstić information content (AvgIpc) is 2.74. The van der Waals surface area contributed by atoms with Crippen molar-refractivity contribution in [1.82, 2.24) is 15.2 Å². The number of thiazole rings is 1. The summed E-state index contributed by atoms with van der Waals surface area (Å²) in [5.74, 6) is 0. The molecule has 0 saturated carbocycles. The van der Waals surface area contributed by atoms with Crippen molar-refractivity contribution in [3.63, 3.8) is 0 Å². The molecule has 1 N–H and O–H groups in total. The molecule has 0 atom stereocenters. The minimum atomic E-state index is -4.35. The Morgan fingerprint density at radius 2 is 1.80 bits per heavy atom. The predicted molar refractivity (Wildman–Crippen MR) is 74.0 cm³/mol. The standard InChI is InChI=1S/C13H20F3N3S/c1-12(2,3)10-9(8-19-6-4-17-5-7-19)20-11(18-10)13(14,15)16/h17H,4-8H2,1-3H3. The summed E-state index contributed by atoms with van der Waals surface area (Å²) in [4.78, 5) is 6.79. The quantitative estimate of drug-likeness (QED) is 0.910. The van der Waals surface area contributed by atoms with Gasteiger partial charge in [0, 0.05) is 43.0 Å². The van der Waals surface area contributed by atoms with E-state index in [9.17, 15) is 13.2 Å². The lowest BCUT2D eigenvalue weighted by Gasteiger charge is -2.28. The molecule has 0 bridgehead atoms. The van der Waals surface area contributed by atoms with Crippen LogP contribution >= 0.6 is 11.3 Å². The molecule has 20 heavy (non-hydrogen) atoms. The van der Waals surface area contributed by atoms with Gasteiger partial charge in [-0.15, -0.1) is 11.3 Å². The topological polar surface area (TPSA) is 28.2 Å². The highest BCUT2D eigenvalue weighted by Gasteiger charge is 2.38. The van der Waals surface area contributed by atoms with E-state index in [4.69, 9.17) is 0 Å². The maximum absolute atomic E-state index is 12.9. The summed E-state index contributed by atoms with van der Waals surface area (Å²) >= 11 is 0.789. The van der Waals surface area contributed by atoms with Gasteiger partial charge in [-0.25, -0.2) is 4.98 Å². The van der Waals surface area contributed by atoms with E-state index in [1.807, 2.05) is 20.8 Å². The van der Waals surface area contributed by atoms with Crippen LogP contribution in [0.15, 0.2) is 0 Å². The van der Waals surface area contributed by atoms with Gasteiger partial charge in [-0.3, -0.25) is 4.90 Å². The number of rotatable bonds is 2. The second-order valence-electron chi connectivity index (χ2n) is 6.06. The molecule has 1 saturated heterocycles. The maximum Gasteiger partial charge on any atom is 0.443 e. The van der Waals surface area contributed by atoms with E-state index in [1.54, 1.807) is 0 Å². The molecule has 1 aromatic rings. The number of aromatic nitrogens is 1. The molecular formula is C13H20F3N3S. The third-order valence-electron chi connectivity index (χ3n) is 3.23. The van der Waals surface area contributed by atoms with Crippen molar-refractivity contribution >= 4 is 11.3 Å². The summed E-state index contributed by atoms with van der Waals surface area (Å²) in [6.07, 6.45) is -4.35. The second-order valence-corrected chi connectivity index (χ2v) is 7.15. The summed E-state index contributed by atoms with van der Waals surface area (Å²) in [7, 11) is 0. The Morgan fingerprint density at radius 3 is 2.30 bits per heavy atom. The molecule has 7 heteroatoms. The minimum absolute atomic E-state index is 0.372. The molecule has 0 amide bonds. The molecule has 1 aliphatic rings. The molecule has 0 unspecified atom stereocenters. The Bertz CT molecular complexity index is 456. The number of hydrogen-bond acceptors (Lipinski definition) is 4. The first-order valence-electron chi connectivity index (χ1n) is 6.68. The molecule has 0 spiro atoms. The third-order valence-corrected chi connectivity index (χ3v) is 4.31. The largest absolute Gasteiger partial charge is 0.443 e. The highest BCUT2D eigenvalue weighted by atomic mass is 32.1. The van der Waals surface area contributed by atoms with E-state index in [-0.39, 0.29) is 5.41 Å². The van der Waals surface area contributed by atoms with E-state index in [2.05, 4.69) is 15.2 Å². The van der Waals surface area contributed by atoms with Gasteiger partial charge in [-0.2, -0.15) is 13.2 Å². The SMILES string of the molecule is CC(C)(C)c1nc(C(F)(F)F)sc1CN1CCNCC1. The normalized spacial score (nSPS) is 18.5. The van der Waals surface area contributed by atoms with Gasteiger partial charge in [0.15, 0.2) is 5.01 Å². The van der Waals surface area contributed by atoms with Gasteiger partial charge in [0.1, 0.15) is 0 Å². The zero-order chi connectivity index (χ0) is 15.0. The minimum Gasteiger partial charge on any atom is -0.314 e. The zero-order valence-corrected chi connectivity index (χ0v) is 12.8. The number of nitrogens with zero attached hydrogens (tertiary/aromatic N) is 2. The van der Waals surface area contributed by atoms with Crippen molar-refractivity contribution in [2.45, 2.75) is 38.9 Å². The average molecular weight is 307 g/mol. The van der Waals surface area contributed by atoms with Crippen LogP contribution in [0, 0.1) is 0 Å². The van der Waals surface area contributed by atoms with Crippen LogP contribution in [-0.4, -0.2) is 36.1 Å². The molecule has 2 heterocycles. The van der Waals surface area contributed by atoms with Gasteiger partial charge in [0.2, 0.25) is 0 Å². The Labute approximate surface area is 121 Å². The molecule has 3 nitrogen and oxygen atoms in total. The summed E-state index contributed by atoms with van der Waals surface area (Å²) in [6, 6.07) is 0. The summed E-state index contributed by atoms with van der Waals surface area (Å²) in [5.41, 5.74) is 0.206. The van der Waals surface area contributed by atoms with Gasteiger partial charge < -0.3 is 5.32 Å². The van der Waals surface area contributed by atoms with Crippen LogP contribution in [0.1, 0.15) is 36.3 Å². The molecule has 1 aliphatic heterocycles. The molecule has 0 aliphatic carbocycles. The lowest BCUT2D eigenvalue weighted by Crippen LogP contribution is -2.43.